The lowest BCUT2D eigenvalue weighted by Crippen LogP contribution is -2.24. The molecule has 1 unspecified atom stereocenters. The molecule has 3 nitrogen and oxygen atoms in total. The van der Waals surface area contributed by atoms with Crippen LogP contribution in [0.25, 0.3) is 0 Å². The van der Waals surface area contributed by atoms with Crippen LogP contribution in [0.2, 0.25) is 0 Å². The van der Waals surface area contributed by atoms with Crippen molar-refractivity contribution >= 4 is 17.7 Å². The Morgan fingerprint density at radius 1 is 1.75 bits per heavy atom. The smallest absolute Gasteiger partial charge is 0.231 e. The van der Waals surface area contributed by atoms with Crippen molar-refractivity contribution in [2.24, 2.45) is 5.73 Å². The van der Waals surface area contributed by atoms with Gasteiger partial charge >= 0.3 is 0 Å². The van der Waals surface area contributed by atoms with Crippen LogP contribution in [0, 0.1) is 0 Å². The van der Waals surface area contributed by atoms with E-state index in [1.54, 1.807) is 11.8 Å². The Kier molecular flexibility index (Phi) is 1.84. The zero-order valence-corrected chi connectivity index (χ0v) is 7.36. The first-order valence-corrected chi connectivity index (χ1v) is 4.73. The summed E-state index contributed by atoms with van der Waals surface area (Å²) in [6.45, 7) is 0.864. The summed E-state index contributed by atoms with van der Waals surface area (Å²) in [7, 11) is 0. The van der Waals surface area contributed by atoms with Crippen LogP contribution < -0.4 is 11.1 Å². The van der Waals surface area contributed by atoms with Crippen LogP contribution in [0.15, 0.2) is 22.8 Å². The number of dihydropyridines is 1. The first-order chi connectivity index (χ1) is 5.77. The van der Waals surface area contributed by atoms with E-state index in [2.05, 4.69) is 5.32 Å². The number of hydrogen-bond acceptors (Lipinski definition) is 3. The zero-order chi connectivity index (χ0) is 8.55. The van der Waals surface area contributed by atoms with Crippen molar-refractivity contribution < 1.29 is 4.79 Å². The number of carbonyl (C=O) groups is 1. The van der Waals surface area contributed by atoms with Crippen molar-refractivity contribution in [1.29, 1.82) is 0 Å². The fourth-order valence-electron chi connectivity index (χ4n) is 1.39. The molecular weight excluding hydrogens is 172 g/mol. The minimum absolute atomic E-state index is 0.0421. The van der Waals surface area contributed by atoms with Gasteiger partial charge in [0.15, 0.2) is 0 Å². The number of nitrogens with two attached hydrogens (primary N) is 1. The van der Waals surface area contributed by atoms with Crippen molar-refractivity contribution in [2.75, 3.05) is 6.54 Å². The molecule has 2 rings (SSSR count). The number of rotatable bonds is 1. The largest absolute Gasteiger partial charge is 0.387 e. The summed E-state index contributed by atoms with van der Waals surface area (Å²) in [5, 5.41) is 3.07. The summed E-state index contributed by atoms with van der Waals surface area (Å²) in [6.07, 6.45) is 4.73. The van der Waals surface area contributed by atoms with E-state index in [9.17, 15) is 4.79 Å². The molecule has 3 N–H and O–H groups in total. The Morgan fingerprint density at radius 3 is 3.25 bits per heavy atom. The second-order valence-electron chi connectivity index (χ2n) is 2.90. The van der Waals surface area contributed by atoms with Crippen LogP contribution in [-0.4, -0.2) is 17.7 Å². The molecule has 1 amide bonds. The van der Waals surface area contributed by atoms with Gasteiger partial charge in [0.25, 0.3) is 0 Å². The van der Waals surface area contributed by atoms with Gasteiger partial charge in [-0.1, -0.05) is 0 Å². The van der Waals surface area contributed by atoms with Crippen LogP contribution in [0.1, 0.15) is 6.42 Å². The summed E-state index contributed by atoms with van der Waals surface area (Å²) >= 11 is 1.58. The number of amides is 1. The molecule has 12 heavy (non-hydrogen) atoms. The average molecular weight is 182 g/mol. The van der Waals surface area contributed by atoms with Crippen molar-refractivity contribution in [1.82, 2.24) is 5.32 Å². The number of primary amides is 1. The van der Waals surface area contributed by atoms with E-state index in [1.165, 1.54) is 10.5 Å². The summed E-state index contributed by atoms with van der Waals surface area (Å²) in [6, 6.07) is 0. The highest BCUT2D eigenvalue weighted by atomic mass is 32.2. The van der Waals surface area contributed by atoms with E-state index in [0.29, 0.717) is 0 Å². The van der Waals surface area contributed by atoms with E-state index in [0.717, 1.165) is 13.0 Å². The number of carbonyl (C=O) groups excluding carboxylic acids is 1. The van der Waals surface area contributed by atoms with Gasteiger partial charge in [-0.25, -0.2) is 0 Å². The third kappa shape index (κ3) is 1.22. The van der Waals surface area contributed by atoms with Crippen LogP contribution in [0.3, 0.4) is 0 Å². The van der Waals surface area contributed by atoms with Crippen LogP contribution in [0.4, 0.5) is 0 Å². The standard InChI is InChI=1S/C8H10N2OS/c9-8(11)7-3-5-4-10-2-1-6(5)12-7/h1-2,7,10H,3-4H2,(H2,9,11). The lowest BCUT2D eigenvalue weighted by atomic mass is 10.1. The topological polar surface area (TPSA) is 55.1 Å². The molecule has 0 aromatic rings. The molecule has 2 heterocycles. The molecule has 4 heteroatoms. The predicted octanol–water partition coefficient (Wildman–Crippen LogP) is 0.348. The van der Waals surface area contributed by atoms with E-state index in [4.69, 9.17) is 5.73 Å². The molecule has 2 aliphatic heterocycles. The maximum Gasteiger partial charge on any atom is 0.231 e. The van der Waals surface area contributed by atoms with Gasteiger partial charge in [-0.15, -0.1) is 11.8 Å². The van der Waals surface area contributed by atoms with Crippen molar-refractivity contribution in [3.8, 4) is 0 Å². The second kappa shape index (κ2) is 2.86. The Balaban J connectivity index is 2.12. The summed E-state index contributed by atoms with van der Waals surface area (Å²) < 4.78 is 0. The first kappa shape index (κ1) is 7.73. The number of nitrogens with one attached hydrogen (secondary N) is 1. The fraction of sp³-hybridized carbons (Fsp3) is 0.375. The van der Waals surface area contributed by atoms with E-state index in [-0.39, 0.29) is 11.2 Å². The zero-order valence-electron chi connectivity index (χ0n) is 6.54. The molecule has 0 saturated carbocycles. The predicted molar refractivity (Wildman–Crippen MR) is 49.4 cm³/mol. The van der Waals surface area contributed by atoms with Crippen LogP contribution in [0.5, 0.6) is 0 Å². The van der Waals surface area contributed by atoms with Crippen molar-refractivity contribution in [3.05, 3.63) is 22.8 Å². The molecule has 0 radical (unpaired) electrons. The van der Waals surface area contributed by atoms with Gasteiger partial charge < -0.3 is 11.1 Å². The summed E-state index contributed by atoms with van der Waals surface area (Å²) in [5.74, 6) is -0.206. The monoisotopic (exact) mass is 182 g/mol. The maximum atomic E-state index is 10.9. The lowest BCUT2D eigenvalue weighted by molar-refractivity contribution is -0.117. The Bertz CT molecular complexity index is 283. The van der Waals surface area contributed by atoms with Crippen LogP contribution >= 0.6 is 11.8 Å². The van der Waals surface area contributed by atoms with Gasteiger partial charge in [-0.2, -0.15) is 0 Å². The molecule has 64 valence electrons. The molecule has 0 aromatic carbocycles. The number of allylic oxidation sites excluding steroid dienone is 1. The van der Waals surface area contributed by atoms with Crippen LogP contribution in [-0.2, 0) is 4.79 Å². The molecule has 0 saturated heterocycles. The SMILES string of the molecule is NC(=O)C1CC2=C(C=CNC2)S1. The highest BCUT2D eigenvalue weighted by molar-refractivity contribution is 8.04. The maximum absolute atomic E-state index is 10.9. The third-order valence-corrected chi connectivity index (χ3v) is 3.40. The highest BCUT2D eigenvalue weighted by Crippen LogP contribution is 2.38. The molecule has 0 spiro atoms. The molecule has 2 aliphatic rings. The number of thioether (sulfide) groups is 1. The van der Waals surface area contributed by atoms with E-state index >= 15 is 0 Å². The van der Waals surface area contributed by atoms with Gasteiger partial charge in [-0.05, 0) is 24.3 Å². The minimum atomic E-state index is -0.206. The quantitative estimate of drug-likeness (QED) is 0.615. The molecule has 0 bridgehead atoms. The van der Waals surface area contributed by atoms with Gasteiger partial charge in [0.1, 0.15) is 0 Å². The van der Waals surface area contributed by atoms with Crippen molar-refractivity contribution in [2.45, 2.75) is 11.7 Å². The molecular formula is C8H10N2OS. The fourth-order valence-corrected chi connectivity index (χ4v) is 2.57. The third-order valence-electron chi connectivity index (χ3n) is 2.03. The Labute approximate surface area is 75.1 Å². The average Bonchev–Trinajstić information content (AvgIpc) is 2.46. The Hall–Kier alpha value is -0.900. The van der Waals surface area contributed by atoms with E-state index < -0.39 is 0 Å². The van der Waals surface area contributed by atoms with Gasteiger partial charge in [0.05, 0.1) is 5.25 Å². The molecule has 0 aliphatic carbocycles. The number of hydrogen-bond donors (Lipinski definition) is 2. The van der Waals surface area contributed by atoms with Gasteiger partial charge in [-0.3, -0.25) is 4.79 Å². The summed E-state index contributed by atoms with van der Waals surface area (Å²) in [5.41, 5.74) is 6.53. The molecule has 0 fully saturated rings. The molecule has 1 atom stereocenters. The van der Waals surface area contributed by atoms with Crippen molar-refractivity contribution in [3.63, 3.8) is 0 Å². The summed E-state index contributed by atoms with van der Waals surface area (Å²) in [4.78, 5) is 12.1. The first-order valence-electron chi connectivity index (χ1n) is 3.85. The Morgan fingerprint density at radius 2 is 2.58 bits per heavy atom. The van der Waals surface area contributed by atoms with Gasteiger partial charge in [0, 0.05) is 11.4 Å². The lowest BCUT2D eigenvalue weighted by Gasteiger charge is -2.07. The minimum Gasteiger partial charge on any atom is -0.387 e. The van der Waals surface area contributed by atoms with E-state index in [1.807, 2.05) is 12.3 Å². The van der Waals surface area contributed by atoms with Gasteiger partial charge in [0.2, 0.25) is 5.91 Å². The second-order valence-corrected chi connectivity index (χ2v) is 4.14. The highest BCUT2D eigenvalue weighted by Gasteiger charge is 2.28. The molecule has 0 aromatic heterocycles. The normalized spacial score (nSPS) is 26.8.